The molecule has 4 rings (SSSR count). The Kier molecular flexibility index (Phi) is 7.51. The van der Waals surface area contributed by atoms with E-state index in [1.165, 1.54) is 0 Å². The maximum Gasteiger partial charge on any atom is 0.323 e. The second kappa shape index (κ2) is 10.4. The van der Waals surface area contributed by atoms with Crippen LogP contribution >= 0.6 is 11.8 Å². The maximum absolute atomic E-state index is 11.6. The molecule has 0 radical (unpaired) electrons. The van der Waals surface area contributed by atoms with Crippen LogP contribution < -0.4 is 10.1 Å². The van der Waals surface area contributed by atoms with Crippen LogP contribution in [0.4, 0.5) is 0 Å². The lowest BCUT2D eigenvalue weighted by atomic mass is 9.99. The number of carboxylic acids is 1. The summed E-state index contributed by atoms with van der Waals surface area (Å²) in [6, 6.07) is 6.42. The zero-order valence-corrected chi connectivity index (χ0v) is 21.6. The molecule has 0 spiro atoms. The number of benzene rings is 1. The van der Waals surface area contributed by atoms with Crippen molar-refractivity contribution in [3.63, 3.8) is 0 Å². The first-order valence-electron chi connectivity index (χ1n) is 12.0. The van der Waals surface area contributed by atoms with Gasteiger partial charge in [-0.1, -0.05) is 0 Å². The van der Waals surface area contributed by atoms with E-state index < -0.39 is 11.5 Å². The average molecular weight is 499 g/mol. The molecule has 3 heterocycles. The third-order valence-corrected chi connectivity index (χ3v) is 7.81. The van der Waals surface area contributed by atoms with Crippen LogP contribution in [0, 0.1) is 5.41 Å². The number of carbonyl (C=O) groups is 1. The Balaban J connectivity index is 1.54. The molecule has 1 aromatic heterocycles. The Hall–Kier alpha value is -2.85. The summed E-state index contributed by atoms with van der Waals surface area (Å²) in [6.45, 7) is 10.4. The van der Waals surface area contributed by atoms with Crippen molar-refractivity contribution in [3.05, 3.63) is 30.1 Å². The quantitative estimate of drug-likeness (QED) is 0.394. The zero-order valence-electron chi connectivity index (χ0n) is 20.7. The number of rotatable bonds is 7. The molecule has 10 heteroatoms. The fraction of sp³-hybridized carbons (Fsp3) is 0.520. The van der Waals surface area contributed by atoms with E-state index in [4.69, 9.17) is 15.1 Å². The third-order valence-electron chi connectivity index (χ3n) is 6.48. The molecule has 2 aliphatic rings. The lowest BCUT2D eigenvalue weighted by Crippen LogP contribution is -2.53. The van der Waals surface area contributed by atoms with Crippen molar-refractivity contribution < 1.29 is 14.6 Å². The molecule has 188 valence electrons. The lowest BCUT2D eigenvalue weighted by Gasteiger charge is -2.40. The maximum atomic E-state index is 11.6. The molecule has 0 unspecified atom stereocenters. The lowest BCUT2D eigenvalue weighted by molar-refractivity contribution is -0.149. The van der Waals surface area contributed by atoms with E-state index in [2.05, 4.69) is 31.9 Å². The SMILES string of the molecule is CC(C)N/C(=N\C=N)c1cn2c(n1)-c1cc(SC3CCN(C(C)(C)C(=O)O)CC3)ccc1OCC2. The molecule has 0 amide bonds. The summed E-state index contributed by atoms with van der Waals surface area (Å²) in [6.07, 6.45) is 4.88. The van der Waals surface area contributed by atoms with Crippen LogP contribution in [0.5, 0.6) is 5.75 Å². The number of fused-ring (bicyclic) bond motifs is 3. The number of amidine groups is 1. The summed E-state index contributed by atoms with van der Waals surface area (Å²) in [5.74, 6) is 1.45. The van der Waals surface area contributed by atoms with Gasteiger partial charge in [0.1, 0.15) is 35.8 Å². The molecule has 1 saturated heterocycles. The highest BCUT2D eigenvalue weighted by Gasteiger charge is 2.36. The number of ether oxygens (including phenoxy) is 1. The molecule has 0 saturated carbocycles. The predicted molar refractivity (Wildman–Crippen MR) is 139 cm³/mol. The smallest absolute Gasteiger partial charge is 0.323 e. The molecule has 1 aromatic carbocycles. The summed E-state index contributed by atoms with van der Waals surface area (Å²) in [7, 11) is 0. The predicted octanol–water partition coefficient (Wildman–Crippen LogP) is 3.71. The van der Waals surface area contributed by atoms with Crippen molar-refractivity contribution in [2.45, 2.75) is 68.8 Å². The standard InChI is InChI=1S/C25H34N6O3S/c1-16(2)28-22(27-15-26)20-14-30-11-12-34-21-6-5-18(13-19(21)23(30)29-20)35-17-7-9-31(10-8-17)25(3,4)24(32)33/h5-6,13-17H,7-12H2,1-4H3,(H,32,33)(H2,26,27,28). The number of aromatic nitrogens is 2. The molecule has 0 bridgehead atoms. The minimum absolute atomic E-state index is 0.168. The highest BCUT2D eigenvalue weighted by Crippen LogP contribution is 2.38. The number of imidazole rings is 1. The normalized spacial score (nSPS) is 17.3. The van der Waals surface area contributed by atoms with E-state index in [0.717, 1.165) is 54.3 Å². The van der Waals surface area contributed by atoms with E-state index in [0.29, 0.717) is 29.9 Å². The van der Waals surface area contributed by atoms with Gasteiger partial charge in [-0.05, 0) is 58.7 Å². The van der Waals surface area contributed by atoms with Gasteiger partial charge in [0, 0.05) is 35.5 Å². The summed E-state index contributed by atoms with van der Waals surface area (Å²) < 4.78 is 8.09. The van der Waals surface area contributed by atoms with Crippen molar-refractivity contribution >= 4 is 29.9 Å². The zero-order chi connectivity index (χ0) is 25.2. The monoisotopic (exact) mass is 498 g/mol. The van der Waals surface area contributed by atoms with Crippen LogP contribution in [0.1, 0.15) is 46.2 Å². The van der Waals surface area contributed by atoms with Gasteiger partial charge in [-0.15, -0.1) is 11.8 Å². The second-order valence-electron chi connectivity index (χ2n) is 9.72. The van der Waals surface area contributed by atoms with E-state index in [1.807, 2.05) is 37.9 Å². The second-order valence-corrected chi connectivity index (χ2v) is 11.1. The summed E-state index contributed by atoms with van der Waals surface area (Å²) in [4.78, 5) is 23.9. The molecule has 35 heavy (non-hydrogen) atoms. The van der Waals surface area contributed by atoms with Gasteiger partial charge < -0.3 is 19.7 Å². The van der Waals surface area contributed by atoms with E-state index >= 15 is 0 Å². The van der Waals surface area contributed by atoms with Gasteiger partial charge in [0.15, 0.2) is 5.84 Å². The highest BCUT2D eigenvalue weighted by molar-refractivity contribution is 8.00. The van der Waals surface area contributed by atoms with Gasteiger partial charge in [-0.2, -0.15) is 0 Å². The molecule has 9 nitrogen and oxygen atoms in total. The fourth-order valence-electron chi connectivity index (χ4n) is 4.43. The van der Waals surface area contributed by atoms with Crippen LogP contribution in [-0.4, -0.2) is 74.2 Å². The minimum Gasteiger partial charge on any atom is -0.491 e. The number of aliphatic imine (C=N–C) groups is 1. The largest absolute Gasteiger partial charge is 0.491 e. The Bertz CT molecular complexity index is 1120. The van der Waals surface area contributed by atoms with Crippen LogP contribution in [-0.2, 0) is 11.3 Å². The van der Waals surface area contributed by atoms with Gasteiger partial charge in [-0.3, -0.25) is 15.1 Å². The number of piperidine rings is 1. The van der Waals surface area contributed by atoms with Crippen molar-refractivity contribution in [2.24, 2.45) is 4.99 Å². The number of likely N-dealkylation sites (tertiary alicyclic amines) is 1. The number of nitrogens with one attached hydrogen (secondary N) is 2. The van der Waals surface area contributed by atoms with Crippen molar-refractivity contribution in [3.8, 4) is 17.1 Å². The van der Waals surface area contributed by atoms with E-state index in [1.54, 1.807) is 13.8 Å². The number of aliphatic carboxylic acids is 1. The van der Waals surface area contributed by atoms with E-state index in [9.17, 15) is 9.90 Å². The van der Waals surface area contributed by atoms with Crippen molar-refractivity contribution in [2.75, 3.05) is 19.7 Å². The number of carboxylic acid groups (broad SMARTS) is 1. The molecule has 2 aliphatic heterocycles. The highest BCUT2D eigenvalue weighted by atomic mass is 32.2. The molecular weight excluding hydrogens is 464 g/mol. The van der Waals surface area contributed by atoms with Crippen molar-refractivity contribution in [1.29, 1.82) is 5.41 Å². The number of thioether (sulfide) groups is 1. The summed E-state index contributed by atoms with van der Waals surface area (Å²) in [5.41, 5.74) is 0.814. The molecule has 3 N–H and O–H groups in total. The Labute approximate surface area is 210 Å². The first kappa shape index (κ1) is 25.2. The molecule has 1 fully saturated rings. The number of nitrogens with zero attached hydrogens (tertiary/aromatic N) is 4. The Morgan fingerprint density at radius 3 is 2.74 bits per heavy atom. The van der Waals surface area contributed by atoms with Crippen LogP contribution in [0.3, 0.4) is 0 Å². The number of hydrogen-bond donors (Lipinski definition) is 3. The summed E-state index contributed by atoms with van der Waals surface area (Å²) >= 11 is 1.84. The fourth-order valence-corrected chi connectivity index (χ4v) is 5.59. The van der Waals surface area contributed by atoms with Gasteiger partial charge in [0.05, 0.1) is 12.1 Å². The summed E-state index contributed by atoms with van der Waals surface area (Å²) in [5, 5.41) is 20.7. The molecule has 2 aromatic rings. The minimum atomic E-state index is -0.837. The van der Waals surface area contributed by atoms with Crippen molar-refractivity contribution in [1.82, 2.24) is 19.8 Å². The van der Waals surface area contributed by atoms with Gasteiger partial charge in [0.2, 0.25) is 0 Å². The first-order chi connectivity index (χ1) is 16.7. The Morgan fingerprint density at radius 1 is 1.34 bits per heavy atom. The van der Waals surface area contributed by atoms with Crippen LogP contribution in [0.15, 0.2) is 34.3 Å². The van der Waals surface area contributed by atoms with Crippen LogP contribution in [0.2, 0.25) is 0 Å². The van der Waals surface area contributed by atoms with Gasteiger partial charge >= 0.3 is 5.97 Å². The van der Waals surface area contributed by atoms with Crippen LogP contribution in [0.25, 0.3) is 11.4 Å². The molecular formula is C25H34N6O3S. The van der Waals surface area contributed by atoms with Gasteiger partial charge in [0.25, 0.3) is 0 Å². The van der Waals surface area contributed by atoms with E-state index in [-0.39, 0.29) is 6.04 Å². The van der Waals surface area contributed by atoms with Gasteiger partial charge in [-0.25, -0.2) is 9.98 Å². The number of hydrogen-bond acceptors (Lipinski definition) is 6. The first-order valence-corrected chi connectivity index (χ1v) is 12.9. The molecule has 0 aliphatic carbocycles. The average Bonchev–Trinajstić information content (AvgIpc) is 3.16. The third kappa shape index (κ3) is 5.54. The Morgan fingerprint density at radius 2 is 2.09 bits per heavy atom. The molecule has 0 atom stereocenters. The topological polar surface area (TPSA) is 116 Å².